The Morgan fingerprint density at radius 3 is 2.58 bits per heavy atom. The van der Waals surface area contributed by atoms with Gasteiger partial charge in [0, 0.05) is 12.8 Å². The van der Waals surface area contributed by atoms with Crippen LogP contribution in [0.25, 0.3) is 0 Å². The molecule has 0 heterocycles. The molecule has 0 radical (unpaired) electrons. The van der Waals surface area contributed by atoms with E-state index in [0.29, 0.717) is 12.0 Å². The van der Waals surface area contributed by atoms with E-state index in [9.17, 15) is 9.18 Å². The standard InChI is InChI=1S/C16H22ClFO/c1-2-3-4-5-6-7-10-14(19)12-13-9-8-11-15(18)16(13)17/h8-9,11H,2-7,10,12H2,1H3. The van der Waals surface area contributed by atoms with Crippen molar-refractivity contribution in [2.45, 2.75) is 58.3 Å². The van der Waals surface area contributed by atoms with Gasteiger partial charge in [-0.25, -0.2) is 4.39 Å². The maximum Gasteiger partial charge on any atom is 0.142 e. The van der Waals surface area contributed by atoms with E-state index >= 15 is 0 Å². The molecule has 0 N–H and O–H groups in total. The summed E-state index contributed by atoms with van der Waals surface area (Å²) in [5.41, 5.74) is 0.595. The van der Waals surface area contributed by atoms with Gasteiger partial charge >= 0.3 is 0 Å². The van der Waals surface area contributed by atoms with Gasteiger partial charge in [-0.15, -0.1) is 0 Å². The molecule has 1 aromatic carbocycles. The minimum atomic E-state index is -0.452. The van der Waals surface area contributed by atoms with Gasteiger partial charge in [0.15, 0.2) is 0 Å². The van der Waals surface area contributed by atoms with Gasteiger partial charge in [-0.1, -0.05) is 62.8 Å². The summed E-state index contributed by atoms with van der Waals surface area (Å²) in [7, 11) is 0. The summed E-state index contributed by atoms with van der Waals surface area (Å²) < 4.78 is 13.2. The third kappa shape index (κ3) is 6.20. The van der Waals surface area contributed by atoms with Gasteiger partial charge in [0.05, 0.1) is 5.02 Å². The number of hydrogen-bond acceptors (Lipinski definition) is 1. The van der Waals surface area contributed by atoms with Crippen LogP contribution in [0.4, 0.5) is 4.39 Å². The van der Waals surface area contributed by atoms with Crippen molar-refractivity contribution in [3.8, 4) is 0 Å². The second kappa shape index (κ2) is 9.08. The van der Waals surface area contributed by atoms with Crippen LogP contribution < -0.4 is 0 Å². The highest BCUT2D eigenvalue weighted by atomic mass is 35.5. The first-order valence-electron chi connectivity index (χ1n) is 7.09. The van der Waals surface area contributed by atoms with Crippen LogP contribution in [0.3, 0.4) is 0 Å². The fourth-order valence-corrected chi connectivity index (χ4v) is 2.28. The van der Waals surface area contributed by atoms with Gasteiger partial charge in [-0.05, 0) is 18.1 Å². The third-order valence-corrected chi connectivity index (χ3v) is 3.65. The second-order valence-electron chi connectivity index (χ2n) is 4.95. The van der Waals surface area contributed by atoms with Crippen molar-refractivity contribution in [3.05, 3.63) is 34.6 Å². The molecule has 0 amide bonds. The number of benzene rings is 1. The number of unbranched alkanes of at least 4 members (excludes halogenated alkanes) is 5. The van der Waals surface area contributed by atoms with Crippen LogP contribution in [0, 0.1) is 5.82 Å². The predicted molar refractivity (Wildman–Crippen MR) is 78.1 cm³/mol. The SMILES string of the molecule is CCCCCCCCC(=O)Cc1cccc(F)c1Cl. The van der Waals surface area contributed by atoms with Crippen molar-refractivity contribution < 1.29 is 9.18 Å². The molecule has 0 aromatic heterocycles. The van der Waals surface area contributed by atoms with E-state index in [1.54, 1.807) is 12.1 Å². The van der Waals surface area contributed by atoms with Gasteiger partial charge in [-0.3, -0.25) is 4.79 Å². The summed E-state index contributed by atoms with van der Waals surface area (Å²) in [5, 5.41) is 0.0822. The number of hydrogen-bond donors (Lipinski definition) is 0. The lowest BCUT2D eigenvalue weighted by Crippen LogP contribution is -2.03. The molecule has 0 atom stereocenters. The lowest BCUT2D eigenvalue weighted by atomic mass is 10.0. The Hall–Kier alpha value is -0.890. The number of ketones is 1. The topological polar surface area (TPSA) is 17.1 Å². The molecule has 0 saturated heterocycles. The summed E-state index contributed by atoms with van der Waals surface area (Å²) in [5.74, 6) is -0.311. The van der Waals surface area contributed by atoms with Gasteiger partial charge in [0.2, 0.25) is 0 Å². The van der Waals surface area contributed by atoms with Crippen LogP contribution in [0.1, 0.15) is 57.4 Å². The first kappa shape index (κ1) is 16.2. The number of carbonyl (C=O) groups excluding carboxylic acids is 1. The smallest absolute Gasteiger partial charge is 0.142 e. The maximum atomic E-state index is 13.2. The van der Waals surface area contributed by atoms with Gasteiger partial charge in [-0.2, -0.15) is 0 Å². The van der Waals surface area contributed by atoms with Crippen LogP contribution in [-0.4, -0.2) is 5.78 Å². The summed E-state index contributed by atoms with van der Waals surface area (Å²) >= 11 is 5.83. The van der Waals surface area contributed by atoms with Crippen LogP contribution in [0.15, 0.2) is 18.2 Å². The molecular weight excluding hydrogens is 263 g/mol. The molecule has 0 unspecified atom stereocenters. The first-order chi connectivity index (χ1) is 9.15. The number of Topliss-reactive ketones (excluding diaryl/α,β-unsaturated/α-hetero) is 1. The lowest BCUT2D eigenvalue weighted by molar-refractivity contribution is -0.118. The Bertz CT molecular complexity index is 404. The van der Waals surface area contributed by atoms with E-state index in [0.717, 1.165) is 12.8 Å². The highest BCUT2D eigenvalue weighted by Crippen LogP contribution is 2.21. The third-order valence-electron chi connectivity index (χ3n) is 3.23. The summed E-state index contributed by atoms with van der Waals surface area (Å²) in [6.45, 7) is 2.19. The van der Waals surface area contributed by atoms with Crippen LogP contribution in [0.5, 0.6) is 0 Å². The minimum Gasteiger partial charge on any atom is -0.299 e. The second-order valence-corrected chi connectivity index (χ2v) is 5.32. The number of rotatable bonds is 9. The molecule has 0 aliphatic carbocycles. The zero-order valence-electron chi connectivity index (χ0n) is 11.6. The van der Waals surface area contributed by atoms with Gasteiger partial charge in [0.25, 0.3) is 0 Å². The average Bonchev–Trinajstić information content (AvgIpc) is 2.39. The Kier molecular flexibility index (Phi) is 7.73. The minimum absolute atomic E-state index is 0.0822. The van der Waals surface area contributed by atoms with Gasteiger partial charge < -0.3 is 0 Å². The summed E-state index contributed by atoms with van der Waals surface area (Å²) in [6.07, 6.45) is 7.79. The van der Waals surface area contributed by atoms with E-state index in [1.807, 2.05) is 0 Å². The normalized spacial score (nSPS) is 10.7. The quantitative estimate of drug-likeness (QED) is 0.559. The zero-order chi connectivity index (χ0) is 14.1. The fourth-order valence-electron chi connectivity index (χ4n) is 2.09. The molecule has 0 aliphatic heterocycles. The highest BCUT2D eigenvalue weighted by molar-refractivity contribution is 6.31. The molecule has 0 fully saturated rings. The molecule has 1 aromatic rings. The summed E-state index contributed by atoms with van der Waals surface area (Å²) in [6, 6.07) is 4.61. The van der Waals surface area contributed by atoms with E-state index in [4.69, 9.17) is 11.6 Å². The van der Waals surface area contributed by atoms with Crippen LogP contribution >= 0.6 is 11.6 Å². The average molecular weight is 285 g/mol. The Morgan fingerprint density at radius 2 is 1.84 bits per heavy atom. The molecule has 0 aliphatic rings. The summed E-state index contributed by atoms with van der Waals surface area (Å²) in [4.78, 5) is 11.8. The van der Waals surface area contributed by atoms with Crippen molar-refractivity contribution in [1.29, 1.82) is 0 Å². The molecule has 0 saturated carbocycles. The zero-order valence-corrected chi connectivity index (χ0v) is 12.3. The molecule has 106 valence electrons. The monoisotopic (exact) mass is 284 g/mol. The van der Waals surface area contributed by atoms with Gasteiger partial charge in [0.1, 0.15) is 11.6 Å². The van der Waals surface area contributed by atoms with Crippen molar-refractivity contribution >= 4 is 17.4 Å². The fraction of sp³-hybridized carbons (Fsp3) is 0.562. The van der Waals surface area contributed by atoms with E-state index in [-0.39, 0.29) is 17.2 Å². The van der Waals surface area contributed by atoms with Crippen molar-refractivity contribution in [3.63, 3.8) is 0 Å². The highest BCUT2D eigenvalue weighted by Gasteiger charge is 2.09. The predicted octanol–water partition coefficient (Wildman–Crippen LogP) is 5.34. The molecule has 19 heavy (non-hydrogen) atoms. The Morgan fingerprint density at radius 1 is 1.16 bits per heavy atom. The molecule has 1 nitrogen and oxygen atoms in total. The largest absolute Gasteiger partial charge is 0.299 e. The van der Waals surface area contributed by atoms with E-state index in [1.165, 1.54) is 31.7 Å². The lowest BCUT2D eigenvalue weighted by Gasteiger charge is -2.04. The van der Waals surface area contributed by atoms with Crippen molar-refractivity contribution in [1.82, 2.24) is 0 Å². The van der Waals surface area contributed by atoms with Crippen LogP contribution in [-0.2, 0) is 11.2 Å². The van der Waals surface area contributed by atoms with Crippen LogP contribution in [0.2, 0.25) is 5.02 Å². The van der Waals surface area contributed by atoms with Crippen molar-refractivity contribution in [2.24, 2.45) is 0 Å². The molecule has 3 heteroatoms. The molecular formula is C16H22ClFO. The van der Waals surface area contributed by atoms with E-state index < -0.39 is 5.82 Å². The molecule has 0 spiro atoms. The number of carbonyl (C=O) groups is 1. The van der Waals surface area contributed by atoms with E-state index in [2.05, 4.69) is 6.92 Å². The maximum absolute atomic E-state index is 13.2. The van der Waals surface area contributed by atoms with Crippen molar-refractivity contribution in [2.75, 3.05) is 0 Å². The molecule has 1 rings (SSSR count). The molecule has 0 bridgehead atoms. The first-order valence-corrected chi connectivity index (χ1v) is 7.47. The number of halogens is 2. The Labute approximate surface area is 120 Å². The Balaban J connectivity index is 2.26.